The summed E-state index contributed by atoms with van der Waals surface area (Å²) < 4.78 is 8.70. The molecule has 0 saturated carbocycles. The van der Waals surface area contributed by atoms with Crippen molar-refractivity contribution in [2.24, 2.45) is 0 Å². The van der Waals surface area contributed by atoms with Crippen molar-refractivity contribution in [1.29, 1.82) is 0 Å². The van der Waals surface area contributed by atoms with Gasteiger partial charge in [-0.1, -0.05) is 133 Å². The molecule has 0 radical (unpaired) electrons. The van der Waals surface area contributed by atoms with E-state index in [2.05, 4.69) is 121 Å². The number of hydrogen-bond donors (Lipinski definition) is 0. The number of benzene rings is 9. The number of thiophene rings is 1. The lowest BCUT2D eigenvalue weighted by Gasteiger charge is -2.12. The van der Waals surface area contributed by atoms with Crippen LogP contribution in [0.5, 0.6) is 0 Å². The first-order chi connectivity index (χ1) is 27.7. The molecular weight excluding hydrogens is 703 g/mol. The van der Waals surface area contributed by atoms with E-state index < -0.39 is 0 Å². The topological polar surface area (TPSA) is 51.8 Å². The van der Waals surface area contributed by atoms with Crippen molar-refractivity contribution >= 4 is 85.8 Å². The highest BCUT2D eigenvalue weighted by atomic mass is 32.1. The number of furan rings is 1. The molecule has 260 valence electrons. The van der Waals surface area contributed by atoms with Crippen molar-refractivity contribution in [2.45, 2.75) is 0 Å². The van der Waals surface area contributed by atoms with E-state index in [4.69, 9.17) is 19.4 Å². The molecule has 3 aromatic heterocycles. The third-order valence-corrected chi connectivity index (χ3v) is 12.3. The van der Waals surface area contributed by atoms with Crippen molar-refractivity contribution in [2.75, 3.05) is 0 Å². The van der Waals surface area contributed by atoms with Gasteiger partial charge in [0.2, 0.25) is 0 Å². The summed E-state index contributed by atoms with van der Waals surface area (Å²) in [5.74, 6) is 1.87. The highest BCUT2D eigenvalue weighted by Crippen LogP contribution is 2.43. The van der Waals surface area contributed by atoms with E-state index in [-0.39, 0.29) is 0 Å². The zero-order valence-corrected chi connectivity index (χ0v) is 30.7. The second-order valence-electron chi connectivity index (χ2n) is 14.3. The molecule has 56 heavy (non-hydrogen) atoms. The van der Waals surface area contributed by atoms with Gasteiger partial charge in [0.25, 0.3) is 0 Å². The molecule has 12 rings (SSSR count). The minimum atomic E-state index is 0.601. The number of nitrogens with zero attached hydrogens (tertiary/aromatic N) is 3. The van der Waals surface area contributed by atoms with Crippen LogP contribution in [0.4, 0.5) is 0 Å². The Labute approximate surface area is 325 Å². The molecule has 0 bridgehead atoms. The fraction of sp³-hybridized carbons (Fsp3) is 0. The first kappa shape index (κ1) is 31.2. The van der Waals surface area contributed by atoms with Crippen molar-refractivity contribution in [3.05, 3.63) is 176 Å². The van der Waals surface area contributed by atoms with Gasteiger partial charge in [0, 0.05) is 47.6 Å². The largest absolute Gasteiger partial charge is 0.456 e. The second kappa shape index (κ2) is 12.2. The molecule has 0 atom stereocenters. The lowest BCUT2D eigenvalue weighted by molar-refractivity contribution is 0.669. The molecule has 9 aromatic carbocycles. The normalized spacial score (nSPS) is 11.9. The van der Waals surface area contributed by atoms with Crippen LogP contribution in [0.1, 0.15) is 0 Å². The fourth-order valence-corrected chi connectivity index (χ4v) is 9.60. The van der Waals surface area contributed by atoms with E-state index in [1.807, 2.05) is 54.6 Å². The number of rotatable bonds is 4. The van der Waals surface area contributed by atoms with Crippen molar-refractivity contribution < 1.29 is 4.42 Å². The van der Waals surface area contributed by atoms with Gasteiger partial charge in [-0.2, -0.15) is 0 Å². The summed E-state index contributed by atoms with van der Waals surface area (Å²) in [5, 5.41) is 12.1. The zero-order chi connectivity index (χ0) is 36.7. The minimum Gasteiger partial charge on any atom is -0.456 e. The van der Waals surface area contributed by atoms with Gasteiger partial charge in [-0.25, -0.2) is 15.0 Å². The standard InChI is InChI=1S/C51H29N3OS/c1-2-11-30(12-3-1)49-52-50(33-22-25-40-39-17-8-9-19-44(39)55-45(40)29-33)54-51(53-49)41-18-10-20-47-48(41)43-28-32(23-26-46(43)56-47)31-21-24-38-36-15-5-4-13-34(36)35-14-6-7-16-37(35)42(38)27-31/h1-29H. The van der Waals surface area contributed by atoms with Crippen LogP contribution in [0.25, 0.3) is 120 Å². The molecule has 0 aliphatic rings. The monoisotopic (exact) mass is 731 g/mol. The van der Waals surface area contributed by atoms with Gasteiger partial charge >= 0.3 is 0 Å². The van der Waals surface area contributed by atoms with E-state index in [0.717, 1.165) is 44.0 Å². The molecule has 0 unspecified atom stereocenters. The third kappa shape index (κ3) is 4.81. The van der Waals surface area contributed by atoms with Gasteiger partial charge in [0.15, 0.2) is 17.5 Å². The van der Waals surface area contributed by atoms with Crippen LogP contribution >= 0.6 is 11.3 Å². The first-order valence-electron chi connectivity index (χ1n) is 18.8. The van der Waals surface area contributed by atoms with E-state index in [9.17, 15) is 0 Å². The van der Waals surface area contributed by atoms with Gasteiger partial charge in [-0.15, -0.1) is 11.3 Å². The summed E-state index contributed by atoms with van der Waals surface area (Å²) in [7, 11) is 0. The SMILES string of the molecule is c1ccc(-c2nc(-c3ccc4c(c3)oc3ccccc34)nc(-c3cccc4sc5ccc(-c6ccc7c8ccccc8c8ccccc8c7c6)cc5c34)n2)cc1. The molecule has 12 aromatic rings. The first-order valence-corrected chi connectivity index (χ1v) is 19.6. The molecule has 0 amide bonds. The number of fused-ring (bicyclic) bond motifs is 12. The van der Waals surface area contributed by atoms with E-state index >= 15 is 0 Å². The Kier molecular flexibility index (Phi) is 6.76. The maximum absolute atomic E-state index is 6.28. The number of aromatic nitrogens is 3. The third-order valence-electron chi connectivity index (χ3n) is 11.1. The zero-order valence-electron chi connectivity index (χ0n) is 29.9. The molecule has 5 heteroatoms. The molecule has 0 aliphatic heterocycles. The summed E-state index contributed by atoms with van der Waals surface area (Å²) in [6.07, 6.45) is 0. The summed E-state index contributed by atoms with van der Waals surface area (Å²) in [4.78, 5) is 15.4. The maximum atomic E-state index is 6.28. The van der Waals surface area contributed by atoms with Crippen LogP contribution in [0.15, 0.2) is 180 Å². The second-order valence-corrected chi connectivity index (χ2v) is 15.4. The smallest absolute Gasteiger partial charge is 0.164 e. The Hall–Kier alpha value is -7.21. The Morgan fingerprint density at radius 2 is 0.875 bits per heavy atom. The van der Waals surface area contributed by atoms with Gasteiger partial charge in [0.1, 0.15) is 11.2 Å². The lowest BCUT2D eigenvalue weighted by atomic mass is 9.92. The van der Waals surface area contributed by atoms with E-state index in [1.165, 1.54) is 58.2 Å². The molecular formula is C51H29N3OS. The van der Waals surface area contributed by atoms with Crippen LogP contribution < -0.4 is 0 Å². The molecule has 0 saturated heterocycles. The summed E-state index contributed by atoms with van der Waals surface area (Å²) in [5.41, 5.74) is 6.81. The highest BCUT2D eigenvalue weighted by Gasteiger charge is 2.19. The van der Waals surface area contributed by atoms with Crippen molar-refractivity contribution in [3.63, 3.8) is 0 Å². The maximum Gasteiger partial charge on any atom is 0.164 e. The minimum absolute atomic E-state index is 0.601. The fourth-order valence-electron chi connectivity index (χ4n) is 8.49. The Morgan fingerprint density at radius 1 is 0.321 bits per heavy atom. The van der Waals surface area contributed by atoms with Crippen LogP contribution in [-0.4, -0.2) is 15.0 Å². The molecule has 4 nitrogen and oxygen atoms in total. The highest BCUT2D eigenvalue weighted by molar-refractivity contribution is 7.26. The molecule has 0 aliphatic carbocycles. The summed E-state index contributed by atoms with van der Waals surface area (Å²) in [6.45, 7) is 0. The van der Waals surface area contributed by atoms with Crippen LogP contribution in [0.2, 0.25) is 0 Å². The lowest BCUT2D eigenvalue weighted by Crippen LogP contribution is -2.00. The van der Waals surface area contributed by atoms with Crippen molar-refractivity contribution in [1.82, 2.24) is 15.0 Å². The van der Waals surface area contributed by atoms with Gasteiger partial charge in [-0.3, -0.25) is 0 Å². The number of para-hydroxylation sites is 1. The van der Waals surface area contributed by atoms with Gasteiger partial charge in [0.05, 0.1) is 0 Å². The average molecular weight is 732 g/mol. The van der Waals surface area contributed by atoms with Gasteiger partial charge in [-0.05, 0) is 85.9 Å². The predicted molar refractivity (Wildman–Crippen MR) is 234 cm³/mol. The Bertz CT molecular complexity index is 3510. The van der Waals surface area contributed by atoms with E-state index in [0.29, 0.717) is 17.5 Å². The molecule has 0 fully saturated rings. The average Bonchev–Trinajstić information content (AvgIpc) is 3.84. The number of hydrogen-bond acceptors (Lipinski definition) is 5. The summed E-state index contributed by atoms with van der Waals surface area (Å²) in [6, 6.07) is 62.3. The van der Waals surface area contributed by atoms with Crippen LogP contribution in [-0.2, 0) is 0 Å². The molecule has 0 N–H and O–H groups in total. The Morgan fingerprint density at radius 3 is 1.64 bits per heavy atom. The van der Waals surface area contributed by atoms with Crippen LogP contribution in [0, 0.1) is 0 Å². The van der Waals surface area contributed by atoms with Gasteiger partial charge < -0.3 is 4.42 Å². The molecule has 3 heterocycles. The van der Waals surface area contributed by atoms with E-state index in [1.54, 1.807) is 11.3 Å². The van der Waals surface area contributed by atoms with Crippen molar-refractivity contribution in [3.8, 4) is 45.3 Å². The van der Waals surface area contributed by atoms with Crippen LogP contribution in [0.3, 0.4) is 0 Å². The molecule has 0 spiro atoms. The quantitative estimate of drug-likeness (QED) is 0.169. The Balaban J connectivity index is 1.05. The summed E-state index contributed by atoms with van der Waals surface area (Å²) >= 11 is 1.80. The predicted octanol–water partition coefficient (Wildman–Crippen LogP) is 14.3.